The van der Waals surface area contributed by atoms with Gasteiger partial charge in [-0.3, -0.25) is 4.79 Å². The zero-order valence-electron chi connectivity index (χ0n) is 9.10. The molecule has 0 unspecified atom stereocenters. The fourth-order valence-corrected chi connectivity index (χ4v) is 1.41. The van der Waals surface area contributed by atoms with Gasteiger partial charge < -0.3 is 15.7 Å². The summed E-state index contributed by atoms with van der Waals surface area (Å²) in [7, 11) is 0. The summed E-state index contributed by atoms with van der Waals surface area (Å²) in [5.41, 5.74) is 6.68. The molecule has 4 nitrogen and oxygen atoms in total. The average molecular weight is 220 g/mol. The first-order chi connectivity index (χ1) is 7.69. The van der Waals surface area contributed by atoms with Gasteiger partial charge >= 0.3 is 0 Å². The molecule has 0 aliphatic heterocycles. The van der Waals surface area contributed by atoms with Crippen LogP contribution in [0, 0.1) is 0 Å². The smallest absolute Gasteiger partial charge is 0.254 e. The van der Waals surface area contributed by atoms with E-state index in [0.29, 0.717) is 24.3 Å². The van der Waals surface area contributed by atoms with Crippen LogP contribution in [0.5, 0.6) is 0 Å². The number of hydrogen-bond donors (Lipinski definition) is 2. The van der Waals surface area contributed by atoms with E-state index in [1.54, 1.807) is 30.3 Å². The topological polar surface area (TPSA) is 66.6 Å². The fraction of sp³-hybridized carbons (Fsp3) is 0.250. The quantitative estimate of drug-likeness (QED) is 0.572. The van der Waals surface area contributed by atoms with Crippen LogP contribution in [0.15, 0.2) is 36.9 Å². The Kier molecular flexibility index (Phi) is 4.54. The van der Waals surface area contributed by atoms with Crippen molar-refractivity contribution in [3.05, 3.63) is 42.5 Å². The van der Waals surface area contributed by atoms with E-state index in [0.717, 1.165) is 0 Å². The summed E-state index contributed by atoms with van der Waals surface area (Å²) in [6.45, 7) is 4.21. The number of nitrogens with two attached hydrogens (primary N) is 1. The molecule has 0 aliphatic rings. The number of benzene rings is 1. The zero-order chi connectivity index (χ0) is 12.0. The summed E-state index contributed by atoms with van der Waals surface area (Å²) in [4.78, 5) is 13.5. The minimum absolute atomic E-state index is 0.0676. The van der Waals surface area contributed by atoms with Crippen LogP contribution in [-0.2, 0) is 0 Å². The summed E-state index contributed by atoms with van der Waals surface area (Å²) in [5, 5.41) is 8.86. The molecule has 1 rings (SSSR count). The van der Waals surface area contributed by atoms with Crippen molar-refractivity contribution in [2.75, 3.05) is 25.4 Å². The molecule has 4 heteroatoms. The maximum absolute atomic E-state index is 12.0. The van der Waals surface area contributed by atoms with Gasteiger partial charge in [0.15, 0.2) is 0 Å². The second kappa shape index (κ2) is 5.92. The molecule has 86 valence electrons. The highest BCUT2D eigenvalue weighted by atomic mass is 16.3. The van der Waals surface area contributed by atoms with Crippen LogP contribution in [0.25, 0.3) is 0 Å². The molecule has 0 atom stereocenters. The fourth-order valence-electron chi connectivity index (χ4n) is 1.41. The molecule has 0 aromatic heterocycles. The van der Waals surface area contributed by atoms with Crippen LogP contribution < -0.4 is 5.73 Å². The molecule has 3 N–H and O–H groups in total. The Hall–Kier alpha value is -1.81. The van der Waals surface area contributed by atoms with E-state index in [2.05, 4.69) is 6.58 Å². The first-order valence-corrected chi connectivity index (χ1v) is 5.05. The second-order valence-electron chi connectivity index (χ2n) is 3.39. The van der Waals surface area contributed by atoms with Crippen LogP contribution in [0.3, 0.4) is 0 Å². The lowest BCUT2D eigenvalue weighted by Gasteiger charge is -2.20. The Labute approximate surface area is 95.0 Å². The first-order valence-electron chi connectivity index (χ1n) is 5.05. The molecule has 16 heavy (non-hydrogen) atoms. The van der Waals surface area contributed by atoms with Crippen LogP contribution in [0.2, 0.25) is 0 Å². The van der Waals surface area contributed by atoms with Gasteiger partial charge in [-0.15, -0.1) is 6.58 Å². The van der Waals surface area contributed by atoms with Crippen LogP contribution in [-0.4, -0.2) is 35.6 Å². The number of anilines is 1. The van der Waals surface area contributed by atoms with Crippen molar-refractivity contribution in [1.29, 1.82) is 0 Å². The van der Waals surface area contributed by atoms with E-state index in [-0.39, 0.29) is 12.5 Å². The molecular formula is C12H16N2O2. The number of carbonyl (C=O) groups is 1. The number of nitrogen functional groups attached to an aromatic ring is 1. The maximum Gasteiger partial charge on any atom is 0.254 e. The van der Waals surface area contributed by atoms with Gasteiger partial charge in [-0.25, -0.2) is 0 Å². The van der Waals surface area contributed by atoms with Crippen molar-refractivity contribution in [2.45, 2.75) is 0 Å². The number of hydrogen-bond acceptors (Lipinski definition) is 3. The van der Waals surface area contributed by atoms with Crippen molar-refractivity contribution in [3.8, 4) is 0 Å². The predicted octanol–water partition coefficient (Wildman–Crippen LogP) is 0.889. The molecule has 0 radical (unpaired) electrons. The van der Waals surface area contributed by atoms with Gasteiger partial charge in [0.25, 0.3) is 5.91 Å². The van der Waals surface area contributed by atoms with E-state index >= 15 is 0 Å². The van der Waals surface area contributed by atoms with Gasteiger partial charge in [0.2, 0.25) is 0 Å². The summed E-state index contributed by atoms with van der Waals surface area (Å²) in [5.74, 6) is -0.152. The molecule has 0 saturated heterocycles. The summed E-state index contributed by atoms with van der Waals surface area (Å²) in [6, 6.07) is 6.77. The van der Waals surface area contributed by atoms with E-state index in [1.807, 2.05) is 0 Å². The monoisotopic (exact) mass is 220 g/mol. The van der Waals surface area contributed by atoms with Crippen molar-refractivity contribution in [3.63, 3.8) is 0 Å². The number of nitrogens with zero attached hydrogens (tertiary/aromatic N) is 1. The molecule has 0 heterocycles. The van der Waals surface area contributed by atoms with E-state index < -0.39 is 0 Å². The molecule has 0 bridgehead atoms. The molecule has 1 aromatic carbocycles. The lowest BCUT2D eigenvalue weighted by Crippen LogP contribution is -2.33. The summed E-state index contributed by atoms with van der Waals surface area (Å²) in [6.07, 6.45) is 1.62. The van der Waals surface area contributed by atoms with Gasteiger partial charge in [0.1, 0.15) is 0 Å². The average Bonchev–Trinajstić information content (AvgIpc) is 2.28. The van der Waals surface area contributed by atoms with Gasteiger partial charge in [0, 0.05) is 24.3 Å². The highest BCUT2D eigenvalue weighted by Crippen LogP contribution is 2.09. The lowest BCUT2D eigenvalue weighted by molar-refractivity contribution is 0.0743. The number of aliphatic hydroxyl groups is 1. The molecular weight excluding hydrogens is 204 g/mol. The third-order valence-electron chi connectivity index (χ3n) is 2.14. The largest absolute Gasteiger partial charge is 0.399 e. The molecule has 0 saturated carbocycles. The minimum atomic E-state index is -0.152. The SMILES string of the molecule is C=CCN(CCO)C(=O)c1cccc(N)c1. The standard InChI is InChI=1S/C12H16N2O2/c1-2-6-14(7-8-15)12(16)10-4-3-5-11(13)9-10/h2-5,9,15H,1,6-8,13H2. The van der Waals surface area contributed by atoms with Gasteiger partial charge in [-0.1, -0.05) is 12.1 Å². The van der Waals surface area contributed by atoms with Gasteiger partial charge in [0.05, 0.1) is 6.61 Å². The van der Waals surface area contributed by atoms with Crippen molar-refractivity contribution in [2.24, 2.45) is 0 Å². The van der Waals surface area contributed by atoms with Gasteiger partial charge in [-0.2, -0.15) is 0 Å². The van der Waals surface area contributed by atoms with Crippen molar-refractivity contribution < 1.29 is 9.90 Å². The van der Waals surface area contributed by atoms with Crippen LogP contribution in [0.1, 0.15) is 10.4 Å². The first kappa shape index (κ1) is 12.3. The Morgan fingerprint density at radius 3 is 2.88 bits per heavy atom. The Morgan fingerprint density at radius 1 is 1.56 bits per heavy atom. The molecule has 0 fully saturated rings. The lowest BCUT2D eigenvalue weighted by atomic mass is 10.2. The second-order valence-corrected chi connectivity index (χ2v) is 3.39. The maximum atomic E-state index is 12.0. The minimum Gasteiger partial charge on any atom is -0.399 e. The molecule has 1 aromatic rings. The number of carbonyl (C=O) groups excluding carboxylic acids is 1. The van der Waals surface area contributed by atoms with Crippen LogP contribution >= 0.6 is 0 Å². The van der Waals surface area contributed by atoms with E-state index in [9.17, 15) is 4.79 Å². The molecule has 1 amide bonds. The third-order valence-corrected chi connectivity index (χ3v) is 2.14. The number of amides is 1. The molecule has 0 aliphatic carbocycles. The van der Waals surface area contributed by atoms with Crippen molar-refractivity contribution >= 4 is 11.6 Å². The summed E-state index contributed by atoms with van der Waals surface area (Å²) < 4.78 is 0. The van der Waals surface area contributed by atoms with Gasteiger partial charge in [-0.05, 0) is 18.2 Å². The van der Waals surface area contributed by atoms with E-state index in [1.165, 1.54) is 4.90 Å². The normalized spacial score (nSPS) is 9.81. The van der Waals surface area contributed by atoms with Crippen molar-refractivity contribution in [1.82, 2.24) is 4.90 Å². The Morgan fingerprint density at radius 2 is 2.31 bits per heavy atom. The van der Waals surface area contributed by atoms with Crippen LogP contribution in [0.4, 0.5) is 5.69 Å². The number of aliphatic hydroxyl groups excluding tert-OH is 1. The Bertz CT molecular complexity index is 377. The highest BCUT2D eigenvalue weighted by molar-refractivity contribution is 5.95. The number of rotatable bonds is 5. The third kappa shape index (κ3) is 3.10. The molecule has 0 spiro atoms. The van der Waals surface area contributed by atoms with E-state index in [4.69, 9.17) is 10.8 Å². The zero-order valence-corrected chi connectivity index (χ0v) is 9.10. The Balaban J connectivity index is 2.85. The summed E-state index contributed by atoms with van der Waals surface area (Å²) >= 11 is 0. The predicted molar refractivity (Wildman–Crippen MR) is 64.0 cm³/mol. The highest BCUT2D eigenvalue weighted by Gasteiger charge is 2.13.